The lowest BCUT2D eigenvalue weighted by atomic mass is 10.2. The molecule has 4 rings (SSSR count). The lowest BCUT2D eigenvalue weighted by Crippen LogP contribution is -1.86. The molecule has 0 aliphatic heterocycles. The highest BCUT2D eigenvalue weighted by atomic mass is 32.1. The SMILES string of the molecule is c1cnc2c(Oc3nc4ccccc4s3)cccc2c1. The van der Waals surface area contributed by atoms with Gasteiger partial charge in [0.25, 0.3) is 5.19 Å². The van der Waals surface area contributed by atoms with E-state index in [0.717, 1.165) is 26.9 Å². The van der Waals surface area contributed by atoms with Crippen molar-refractivity contribution in [1.29, 1.82) is 0 Å². The third kappa shape index (κ3) is 1.90. The number of benzene rings is 2. The number of para-hydroxylation sites is 2. The number of thiazole rings is 1. The van der Waals surface area contributed by atoms with Gasteiger partial charge in [0.1, 0.15) is 5.52 Å². The second kappa shape index (κ2) is 4.58. The summed E-state index contributed by atoms with van der Waals surface area (Å²) in [5.74, 6) is 0.738. The first-order valence-corrected chi connectivity index (χ1v) is 7.09. The van der Waals surface area contributed by atoms with Crippen LogP contribution >= 0.6 is 11.3 Å². The van der Waals surface area contributed by atoms with Gasteiger partial charge in [0.05, 0.1) is 10.2 Å². The van der Waals surface area contributed by atoms with Crippen molar-refractivity contribution in [3.8, 4) is 10.9 Å². The molecular weight excluding hydrogens is 268 g/mol. The highest BCUT2D eigenvalue weighted by Crippen LogP contribution is 2.33. The zero-order valence-electron chi connectivity index (χ0n) is 10.5. The Morgan fingerprint density at radius 3 is 2.75 bits per heavy atom. The van der Waals surface area contributed by atoms with Crippen LogP contribution in [0.5, 0.6) is 10.9 Å². The van der Waals surface area contributed by atoms with Crippen molar-refractivity contribution < 1.29 is 4.74 Å². The van der Waals surface area contributed by atoms with Gasteiger partial charge in [-0.15, -0.1) is 0 Å². The van der Waals surface area contributed by atoms with Gasteiger partial charge in [-0.25, -0.2) is 4.98 Å². The standard InChI is InChI=1S/C16H10N2OS/c1-2-9-14-12(7-1)18-16(20-14)19-13-8-3-5-11-6-4-10-17-15(11)13/h1-10H. The molecule has 0 saturated carbocycles. The van der Waals surface area contributed by atoms with Gasteiger partial charge >= 0.3 is 0 Å². The van der Waals surface area contributed by atoms with Gasteiger partial charge in [-0.2, -0.15) is 0 Å². The maximum atomic E-state index is 5.92. The fourth-order valence-corrected chi connectivity index (χ4v) is 2.98. The Bertz CT molecular complexity index is 863. The van der Waals surface area contributed by atoms with E-state index in [9.17, 15) is 0 Å². The molecule has 0 spiro atoms. The van der Waals surface area contributed by atoms with E-state index in [1.54, 1.807) is 6.20 Å². The van der Waals surface area contributed by atoms with Crippen molar-refractivity contribution in [1.82, 2.24) is 9.97 Å². The van der Waals surface area contributed by atoms with Gasteiger partial charge in [-0.3, -0.25) is 4.98 Å². The molecule has 0 unspecified atom stereocenters. The van der Waals surface area contributed by atoms with Crippen LogP contribution in [-0.4, -0.2) is 9.97 Å². The summed E-state index contributed by atoms with van der Waals surface area (Å²) < 4.78 is 7.04. The number of pyridine rings is 1. The largest absolute Gasteiger partial charge is 0.429 e. The van der Waals surface area contributed by atoms with Crippen molar-refractivity contribution in [3.63, 3.8) is 0 Å². The number of ether oxygens (including phenoxy) is 1. The van der Waals surface area contributed by atoms with Gasteiger partial charge in [0.15, 0.2) is 5.75 Å². The molecule has 0 saturated heterocycles. The highest BCUT2D eigenvalue weighted by molar-refractivity contribution is 7.20. The molecule has 96 valence electrons. The van der Waals surface area contributed by atoms with E-state index in [0.29, 0.717) is 5.19 Å². The monoisotopic (exact) mass is 278 g/mol. The second-order valence-corrected chi connectivity index (χ2v) is 5.37. The Labute approximate surface area is 119 Å². The van der Waals surface area contributed by atoms with Gasteiger partial charge in [0.2, 0.25) is 0 Å². The van der Waals surface area contributed by atoms with Gasteiger partial charge < -0.3 is 4.74 Å². The Hall–Kier alpha value is -2.46. The van der Waals surface area contributed by atoms with Crippen LogP contribution in [0.3, 0.4) is 0 Å². The molecule has 0 atom stereocenters. The molecule has 0 aliphatic rings. The van der Waals surface area contributed by atoms with Crippen LogP contribution in [0.25, 0.3) is 21.1 Å². The minimum Gasteiger partial charge on any atom is -0.429 e. The normalized spacial score (nSPS) is 11.0. The van der Waals surface area contributed by atoms with Crippen LogP contribution in [0.4, 0.5) is 0 Å². The summed E-state index contributed by atoms with van der Waals surface area (Å²) in [4.78, 5) is 8.87. The summed E-state index contributed by atoms with van der Waals surface area (Å²) in [5, 5.41) is 1.70. The molecule has 0 aliphatic carbocycles. The van der Waals surface area contributed by atoms with E-state index >= 15 is 0 Å². The Balaban J connectivity index is 1.80. The minimum atomic E-state index is 0.643. The zero-order chi connectivity index (χ0) is 13.4. The van der Waals surface area contributed by atoms with E-state index in [2.05, 4.69) is 9.97 Å². The lowest BCUT2D eigenvalue weighted by molar-refractivity contribution is 0.484. The summed E-state index contributed by atoms with van der Waals surface area (Å²) >= 11 is 1.54. The molecule has 2 aromatic heterocycles. The maximum absolute atomic E-state index is 5.92. The first-order valence-electron chi connectivity index (χ1n) is 6.27. The molecular formula is C16H10N2OS. The summed E-state index contributed by atoms with van der Waals surface area (Å²) in [6, 6.07) is 17.9. The van der Waals surface area contributed by atoms with E-state index < -0.39 is 0 Å². The molecule has 4 heteroatoms. The molecule has 0 radical (unpaired) electrons. The molecule has 3 nitrogen and oxygen atoms in total. The van der Waals surface area contributed by atoms with Crippen LogP contribution in [-0.2, 0) is 0 Å². The number of aromatic nitrogens is 2. The van der Waals surface area contributed by atoms with Crippen molar-refractivity contribution in [2.45, 2.75) is 0 Å². The number of rotatable bonds is 2. The summed E-state index contributed by atoms with van der Waals surface area (Å²) in [6.45, 7) is 0. The predicted octanol–water partition coefficient (Wildman–Crippen LogP) is 4.64. The fourth-order valence-electron chi connectivity index (χ4n) is 2.15. The molecule has 2 aromatic carbocycles. The van der Waals surface area contributed by atoms with Crippen LogP contribution in [0.2, 0.25) is 0 Å². The fraction of sp³-hybridized carbons (Fsp3) is 0. The van der Waals surface area contributed by atoms with Crippen molar-refractivity contribution in [3.05, 3.63) is 60.8 Å². The predicted molar refractivity (Wildman–Crippen MR) is 81.4 cm³/mol. The molecule has 20 heavy (non-hydrogen) atoms. The number of nitrogens with zero attached hydrogens (tertiary/aromatic N) is 2. The molecule has 0 bridgehead atoms. The van der Waals surface area contributed by atoms with Gasteiger partial charge in [-0.05, 0) is 24.3 Å². The lowest BCUT2D eigenvalue weighted by Gasteiger charge is -2.04. The van der Waals surface area contributed by atoms with E-state index in [1.165, 1.54) is 11.3 Å². The van der Waals surface area contributed by atoms with E-state index in [4.69, 9.17) is 4.74 Å². The average molecular weight is 278 g/mol. The highest BCUT2D eigenvalue weighted by Gasteiger charge is 2.08. The first-order chi connectivity index (χ1) is 9.90. The Morgan fingerprint density at radius 2 is 1.80 bits per heavy atom. The van der Waals surface area contributed by atoms with Crippen molar-refractivity contribution in [2.24, 2.45) is 0 Å². The molecule has 2 heterocycles. The zero-order valence-corrected chi connectivity index (χ0v) is 11.3. The summed E-state index contributed by atoms with van der Waals surface area (Å²) in [6.07, 6.45) is 1.77. The van der Waals surface area contributed by atoms with Crippen molar-refractivity contribution in [2.75, 3.05) is 0 Å². The van der Waals surface area contributed by atoms with Crippen LogP contribution in [0.1, 0.15) is 0 Å². The van der Waals surface area contributed by atoms with Crippen LogP contribution < -0.4 is 4.74 Å². The van der Waals surface area contributed by atoms with Gasteiger partial charge in [-0.1, -0.05) is 41.7 Å². The first kappa shape index (κ1) is 11.4. The third-order valence-corrected chi connectivity index (χ3v) is 3.98. The molecule has 0 fully saturated rings. The average Bonchev–Trinajstić information content (AvgIpc) is 2.90. The van der Waals surface area contributed by atoms with E-state index in [1.807, 2.05) is 54.6 Å². The summed E-state index contributed by atoms with van der Waals surface area (Å²) in [7, 11) is 0. The number of hydrogen-bond acceptors (Lipinski definition) is 4. The topological polar surface area (TPSA) is 35.0 Å². The van der Waals surface area contributed by atoms with E-state index in [-0.39, 0.29) is 0 Å². The third-order valence-electron chi connectivity index (χ3n) is 3.07. The Morgan fingerprint density at radius 1 is 0.900 bits per heavy atom. The molecule has 0 amide bonds. The van der Waals surface area contributed by atoms with Crippen LogP contribution in [0, 0.1) is 0 Å². The number of hydrogen-bond donors (Lipinski definition) is 0. The summed E-state index contributed by atoms with van der Waals surface area (Å²) in [5.41, 5.74) is 1.81. The maximum Gasteiger partial charge on any atom is 0.279 e. The van der Waals surface area contributed by atoms with Crippen LogP contribution in [0.15, 0.2) is 60.8 Å². The minimum absolute atomic E-state index is 0.643. The Kier molecular flexibility index (Phi) is 2.60. The molecule has 0 N–H and O–H groups in total. The van der Waals surface area contributed by atoms with Crippen molar-refractivity contribution >= 4 is 32.5 Å². The smallest absolute Gasteiger partial charge is 0.279 e. The molecule has 4 aromatic rings. The second-order valence-electron chi connectivity index (χ2n) is 4.38. The quantitative estimate of drug-likeness (QED) is 0.536. The van der Waals surface area contributed by atoms with Gasteiger partial charge in [0, 0.05) is 11.6 Å². The number of fused-ring (bicyclic) bond motifs is 2.